The van der Waals surface area contributed by atoms with Gasteiger partial charge >= 0.3 is 0 Å². The van der Waals surface area contributed by atoms with E-state index in [0.717, 1.165) is 22.6 Å². The molecule has 1 fully saturated rings. The summed E-state index contributed by atoms with van der Waals surface area (Å²) in [6.07, 6.45) is 4.52. The van der Waals surface area contributed by atoms with Crippen molar-refractivity contribution in [1.29, 1.82) is 0 Å². The van der Waals surface area contributed by atoms with Crippen molar-refractivity contribution >= 4 is 27.5 Å². The van der Waals surface area contributed by atoms with Crippen LogP contribution in [0.1, 0.15) is 18.5 Å². The van der Waals surface area contributed by atoms with Crippen molar-refractivity contribution < 1.29 is 0 Å². The largest absolute Gasteiger partial charge is 0.270 e. The first-order valence-corrected chi connectivity index (χ1v) is 5.91. The molecule has 4 heteroatoms. The minimum atomic E-state index is 0.460. The van der Waals surface area contributed by atoms with Gasteiger partial charge in [0.15, 0.2) is 0 Å². The molecule has 1 saturated carbocycles. The lowest BCUT2D eigenvalue weighted by atomic mass is 10.1. The maximum atomic E-state index is 5.93. The summed E-state index contributed by atoms with van der Waals surface area (Å²) < 4.78 is 1.96. The standard InChI is InChI=1S/C9H12BrClN2/c1-7-8(11)4-13(12-7)6-9(5-10)2-3-9/h4H,2-3,5-6H2,1H3. The fraction of sp³-hybridized carbons (Fsp3) is 0.667. The molecule has 13 heavy (non-hydrogen) atoms. The van der Waals surface area contributed by atoms with E-state index in [1.54, 1.807) is 0 Å². The summed E-state index contributed by atoms with van der Waals surface area (Å²) >= 11 is 9.47. The van der Waals surface area contributed by atoms with Crippen molar-refractivity contribution in [2.45, 2.75) is 26.3 Å². The summed E-state index contributed by atoms with van der Waals surface area (Å²) in [5.74, 6) is 0. The highest BCUT2D eigenvalue weighted by Crippen LogP contribution is 2.48. The van der Waals surface area contributed by atoms with Gasteiger partial charge in [-0.3, -0.25) is 4.68 Å². The number of nitrogens with zero attached hydrogens (tertiary/aromatic N) is 2. The van der Waals surface area contributed by atoms with Gasteiger partial charge in [-0.1, -0.05) is 27.5 Å². The molecular formula is C9H12BrClN2. The normalized spacial score (nSPS) is 19.0. The molecule has 0 unspecified atom stereocenters. The number of aromatic nitrogens is 2. The van der Waals surface area contributed by atoms with Crippen LogP contribution in [0.4, 0.5) is 0 Å². The van der Waals surface area contributed by atoms with Gasteiger partial charge in [0.2, 0.25) is 0 Å². The molecule has 1 aliphatic rings. The van der Waals surface area contributed by atoms with Crippen LogP contribution in [0.25, 0.3) is 0 Å². The van der Waals surface area contributed by atoms with Crippen molar-refractivity contribution in [2.75, 3.05) is 5.33 Å². The summed E-state index contributed by atoms with van der Waals surface area (Å²) in [5.41, 5.74) is 1.38. The lowest BCUT2D eigenvalue weighted by Crippen LogP contribution is -2.13. The van der Waals surface area contributed by atoms with Crippen LogP contribution in [0, 0.1) is 12.3 Å². The third kappa shape index (κ3) is 1.91. The monoisotopic (exact) mass is 262 g/mol. The molecule has 2 rings (SSSR count). The van der Waals surface area contributed by atoms with E-state index < -0.39 is 0 Å². The van der Waals surface area contributed by atoms with E-state index in [1.807, 2.05) is 17.8 Å². The second-order valence-electron chi connectivity index (χ2n) is 3.89. The number of aryl methyl sites for hydroxylation is 1. The molecule has 0 aliphatic heterocycles. The summed E-state index contributed by atoms with van der Waals surface area (Å²) in [5, 5.41) is 6.18. The van der Waals surface area contributed by atoms with Crippen LogP contribution in [-0.2, 0) is 6.54 Å². The minimum absolute atomic E-state index is 0.460. The number of alkyl halides is 1. The lowest BCUT2D eigenvalue weighted by molar-refractivity contribution is 0.440. The molecule has 0 bridgehead atoms. The van der Waals surface area contributed by atoms with Gasteiger partial charge in [0, 0.05) is 18.1 Å². The first kappa shape index (κ1) is 9.53. The predicted octanol–water partition coefficient (Wildman–Crippen LogP) is 3.02. The third-order valence-corrected chi connectivity index (χ3v) is 4.19. The zero-order chi connectivity index (χ0) is 9.47. The van der Waals surface area contributed by atoms with Gasteiger partial charge in [0.1, 0.15) is 0 Å². The molecule has 0 saturated heterocycles. The van der Waals surface area contributed by atoms with Gasteiger partial charge < -0.3 is 0 Å². The van der Waals surface area contributed by atoms with Gasteiger partial charge in [-0.25, -0.2) is 0 Å². The Morgan fingerprint density at radius 2 is 2.38 bits per heavy atom. The van der Waals surface area contributed by atoms with Crippen molar-refractivity contribution in [3.8, 4) is 0 Å². The molecule has 1 heterocycles. The Bertz CT molecular complexity index is 298. The second-order valence-corrected chi connectivity index (χ2v) is 4.86. The zero-order valence-corrected chi connectivity index (χ0v) is 9.90. The van der Waals surface area contributed by atoms with Gasteiger partial charge in [-0.05, 0) is 25.2 Å². The zero-order valence-electron chi connectivity index (χ0n) is 7.56. The van der Waals surface area contributed by atoms with E-state index >= 15 is 0 Å². The highest BCUT2D eigenvalue weighted by molar-refractivity contribution is 9.09. The van der Waals surface area contributed by atoms with Crippen molar-refractivity contribution in [2.24, 2.45) is 5.41 Å². The second kappa shape index (κ2) is 3.28. The molecule has 0 aromatic carbocycles. The van der Waals surface area contributed by atoms with Crippen LogP contribution in [0.5, 0.6) is 0 Å². The van der Waals surface area contributed by atoms with Gasteiger partial charge in [0.25, 0.3) is 0 Å². The molecule has 0 amide bonds. The van der Waals surface area contributed by atoms with Crippen molar-refractivity contribution in [1.82, 2.24) is 9.78 Å². The Kier molecular flexibility index (Phi) is 2.41. The Labute approximate surface area is 91.4 Å². The topological polar surface area (TPSA) is 17.8 Å². The lowest BCUT2D eigenvalue weighted by Gasteiger charge is -2.10. The molecule has 0 radical (unpaired) electrons. The molecule has 1 aromatic rings. The first-order chi connectivity index (χ1) is 6.15. The van der Waals surface area contributed by atoms with Gasteiger partial charge in [-0.2, -0.15) is 5.10 Å². The van der Waals surface area contributed by atoms with Gasteiger partial charge in [0.05, 0.1) is 10.7 Å². The van der Waals surface area contributed by atoms with Crippen LogP contribution in [0.15, 0.2) is 6.20 Å². The maximum absolute atomic E-state index is 5.93. The SMILES string of the molecule is Cc1nn(CC2(CBr)CC2)cc1Cl. The quantitative estimate of drug-likeness (QED) is 0.767. The van der Waals surface area contributed by atoms with E-state index in [0.29, 0.717) is 5.41 Å². The summed E-state index contributed by atoms with van der Waals surface area (Å²) in [6.45, 7) is 2.93. The molecule has 0 N–H and O–H groups in total. The molecule has 1 aromatic heterocycles. The number of hydrogen-bond donors (Lipinski definition) is 0. The first-order valence-electron chi connectivity index (χ1n) is 4.41. The van der Waals surface area contributed by atoms with Crippen molar-refractivity contribution in [3.05, 3.63) is 16.9 Å². The van der Waals surface area contributed by atoms with E-state index in [1.165, 1.54) is 12.8 Å². The highest BCUT2D eigenvalue weighted by Gasteiger charge is 2.42. The van der Waals surface area contributed by atoms with Crippen LogP contribution in [0.3, 0.4) is 0 Å². The maximum Gasteiger partial charge on any atom is 0.0814 e. The van der Waals surface area contributed by atoms with Crippen LogP contribution < -0.4 is 0 Å². The Morgan fingerprint density at radius 3 is 2.77 bits per heavy atom. The molecule has 2 nitrogen and oxygen atoms in total. The van der Waals surface area contributed by atoms with Crippen molar-refractivity contribution in [3.63, 3.8) is 0 Å². The fourth-order valence-corrected chi connectivity index (χ4v) is 2.32. The average Bonchev–Trinajstić information content (AvgIpc) is 2.78. The van der Waals surface area contributed by atoms with E-state index in [2.05, 4.69) is 21.0 Å². The summed E-state index contributed by atoms with van der Waals surface area (Å²) in [7, 11) is 0. The highest BCUT2D eigenvalue weighted by atomic mass is 79.9. The predicted molar refractivity (Wildman–Crippen MR) is 57.4 cm³/mol. The van der Waals surface area contributed by atoms with Crippen LogP contribution >= 0.6 is 27.5 Å². The smallest absolute Gasteiger partial charge is 0.0814 e. The Morgan fingerprint density at radius 1 is 1.69 bits per heavy atom. The Balaban J connectivity index is 2.10. The van der Waals surface area contributed by atoms with Crippen LogP contribution in [0.2, 0.25) is 5.02 Å². The number of halogens is 2. The molecule has 0 spiro atoms. The van der Waals surface area contributed by atoms with E-state index in [9.17, 15) is 0 Å². The minimum Gasteiger partial charge on any atom is -0.270 e. The third-order valence-electron chi connectivity index (χ3n) is 2.62. The van der Waals surface area contributed by atoms with Gasteiger partial charge in [-0.15, -0.1) is 0 Å². The van der Waals surface area contributed by atoms with Crippen LogP contribution in [-0.4, -0.2) is 15.1 Å². The summed E-state index contributed by atoms with van der Waals surface area (Å²) in [6, 6.07) is 0. The number of hydrogen-bond acceptors (Lipinski definition) is 1. The van der Waals surface area contributed by atoms with E-state index in [-0.39, 0.29) is 0 Å². The fourth-order valence-electron chi connectivity index (χ4n) is 1.43. The number of rotatable bonds is 3. The van der Waals surface area contributed by atoms with E-state index in [4.69, 9.17) is 11.6 Å². The average molecular weight is 264 g/mol. The molecular weight excluding hydrogens is 251 g/mol. The summed E-state index contributed by atoms with van der Waals surface area (Å²) in [4.78, 5) is 0. The molecule has 1 aliphatic carbocycles. The Hall–Kier alpha value is -0.0200. The molecule has 0 atom stereocenters. The molecule has 72 valence electrons.